The molecule has 1 rings (SSSR count). The first kappa shape index (κ1) is 12.6. The van der Waals surface area contributed by atoms with Crippen molar-refractivity contribution in [3.63, 3.8) is 0 Å². The molecule has 6 heteroatoms. The third kappa shape index (κ3) is 2.76. The van der Waals surface area contributed by atoms with Gasteiger partial charge in [0.1, 0.15) is 0 Å². The lowest BCUT2D eigenvalue weighted by atomic mass is 10.2. The molecule has 1 aromatic rings. The SMILES string of the molecule is CCOS(=O)(=O)c1cc(N=C=O)ccc1C. The Morgan fingerprint density at radius 3 is 2.69 bits per heavy atom. The summed E-state index contributed by atoms with van der Waals surface area (Å²) in [5, 5.41) is 0. The maximum atomic E-state index is 11.6. The molecule has 0 aliphatic carbocycles. The zero-order valence-corrected chi connectivity index (χ0v) is 9.74. The Morgan fingerprint density at radius 1 is 1.44 bits per heavy atom. The largest absolute Gasteiger partial charge is 0.297 e. The molecule has 0 heterocycles. The second kappa shape index (κ2) is 5.03. The van der Waals surface area contributed by atoms with E-state index in [1.807, 2.05) is 0 Å². The van der Waals surface area contributed by atoms with E-state index in [1.54, 1.807) is 19.9 Å². The van der Waals surface area contributed by atoms with Crippen molar-refractivity contribution in [2.75, 3.05) is 6.61 Å². The number of hydrogen-bond donors (Lipinski definition) is 0. The summed E-state index contributed by atoms with van der Waals surface area (Å²) in [5.41, 5.74) is 0.775. The van der Waals surface area contributed by atoms with E-state index in [0.29, 0.717) is 5.56 Å². The number of aliphatic imine (C=N–C) groups is 1. The lowest BCUT2D eigenvalue weighted by Gasteiger charge is -2.06. The summed E-state index contributed by atoms with van der Waals surface area (Å²) in [6.07, 6.45) is 1.35. The van der Waals surface area contributed by atoms with E-state index >= 15 is 0 Å². The first-order valence-corrected chi connectivity index (χ1v) is 6.00. The normalized spacial score (nSPS) is 10.9. The molecular weight excluding hydrogens is 230 g/mol. The Morgan fingerprint density at radius 2 is 2.12 bits per heavy atom. The zero-order valence-electron chi connectivity index (χ0n) is 8.93. The number of carbonyl (C=O) groups excluding carboxylic acids is 1. The first-order chi connectivity index (χ1) is 7.51. The molecule has 0 saturated heterocycles. The molecule has 0 aromatic heterocycles. The fourth-order valence-corrected chi connectivity index (χ4v) is 2.36. The summed E-state index contributed by atoms with van der Waals surface area (Å²) in [6, 6.07) is 4.37. The highest BCUT2D eigenvalue weighted by molar-refractivity contribution is 7.86. The van der Waals surface area contributed by atoms with Gasteiger partial charge in [-0.15, -0.1) is 0 Å². The van der Waals surface area contributed by atoms with Crippen molar-refractivity contribution < 1.29 is 17.4 Å². The van der Waals surface area contributed by atoms with Crippen molar-refractivity contribution in [1.29, 1.82) is 0 Å². The summed E-state index contributed by atoms with van der Waals surface area (Å²) in [4.78, 5) is 13.4. The van der Waals surface area contributed by atoms with Crippen LogP contribution in [0, 0.1) is 6.92 Å². The molecule has 0 saturated carbocycles. The predicted molar refractivity (Wildman–Crippen MR) is 57.8 cm³/mol. The lowest BCUT2D eigenvalue weighted by Crippen LogP contribution is -2.07. The van der Waals surface area contributed by atoms with Gasteiger partial charge in [-0.05, 0) is 31.5 Å². The molecule has 5 nitrogen and oxygen atoms in total. The van der Waals surface area contributed by atoms with Crippen LogP contribution in [-0.2, 0) is 19.1 Å². The van der Waals surface area contributed by atoms with Crippen LogP contribution in [0.1, 0.15) is 12.5 Å². The highest BCUT2D eigenvalue weighted by Crippen LogP contribution is 2.23. The van der Waals surface area contributed by atoms with E-state index in [9.17, 15) is 13.2 Å². The maximum Gasteiger partial charge on any atom is 0.297 e. The smallest absolute Gasteiger partial charge is 0.267 e. The molecule has 0 unspecified atom stereocenters. The monoisotopic (exact) mass is 241 g/mol. The van der Waals surface area contributed by atoms with E-state index in [-0.39, 0.29) is 17.2 Å². The van der Waals surface area contributed by atoms with Gasteiger partial charge in [-0.1, -0.05) is 6.07 Å². The molecular formula is C10H11NO4S. The van der Waals surface area contributed by atoms with Gasteiger partial charge in [0.25, 0.3) is 10.1 Å². The number of benzene rings is 1. The van der Waals surface area contributed by atoms with Crippen molar-refractivity contribution in [1.82, 2.24) is 0 Å². The van der Waals surface area contributed by atoms with Gasteiger partial charge in [0, 0.05) is 0 Å². The Labute approximate surface area is 93.9 Å². The van der Waals surface area contributed by atoms with Crippen LogP contribution in [0.4, 0.5) is 5.69 Å². The molecule has 1 aromatic carbocycles. The number of aryl methyl sites for hydroxylation is 1. The minimum absolute atomic E-state index is 0.0193. The van der Waals surface area contributed by atoms with Crippen molar-refractivity contribution in [2.45, 2.75) is 18.7 Å². The number of rotatable bonds is 4. The average molecular weight is 241 g/mol. The van der Waals surface area contributed by atoms with E-state index in [2.05, 4.69) is 9.18 Å². The van der Waals surface area contributed by atoms with Crippen molar-refractivity contribution in [3.8, 4) is 0 Å². The van der Waals surface area contributed by atoms with Crippen LogP contribution in [0.15, 0.2) is 28.1 Å². The second-order valence-corrected chi connectivity index (χ2v) is 4.60. The quantitative estimate of drug-likeness (QED) is 0.457. The van der Waals surface area contributed by atoms with Crippen molar-refractivity contribution in [2.24, 2.45) is 4.99 Å². The van der Waals surface area contributed by atoms with Gasteiger partial charge in [-0.2, -0.15) is 13.4 Å². The van der Waals surface area contributed by atoms with Crippen LogP contribution in [0.5, 0.6) is 0 Å². The van der Waals surface area contributed by atoms with Crippen LogP contribution < -0.4 is 0 Å². The van der Waals surface area contributed by atoms with E-state index in [4.69, 9.17) is 0 Å². The standard InChI is InChI=1S/C10H11NO4S/c1-3-15-16(13,14)10-6-9(11-7-12)5-4-8(10)2/h4-6H,3H2,1-2H3. The summed E-state index contributed by atoms with van der Waals surface area (Å²) >= 11 is 0. The molecule has 0 fully saturated rings. The van der Waals surface area contributed by atoms with E-state index < -0.39 is 10.1 Å². The molecule has 0 atom stereocenters. The van der Waals surface area contributed by atoms with Crippen LogP contribution in [0.25, 0.3) is 0 Å². The van der Waals surface area contributed by atoms with E-state index in [1.165, 1.54) is 18.2 Å². The summed E-state index contributed by atoms with van der Waals surface area (Å²) < 4.78 is 28.0. The fourth-order valence-electron chi connectivity index (χ4n) is 1.20. The van der Waals surface area contributed by atoms with Crippen molar-refractivity contribution >= 4 is 21.9 Å². The topological polar surface area (TPSA) is 72.8 Å². The molecule has 0 aliphatic rings. The highest BCUT2D eigenvalue weighted by atomic mass is 32.2. The third-order valence-corrected chi connectivity index (χ3v) is 3.41. The second-order valence-electron chi connectivity index (χ2n) is 3.01. The van der Waals surface area contributed by atoms with Crippen molar-refractivity contribution in [3.05, 3.63) is 23.8 Å². The van der Waals surface area contributed by atoms with Crippen LogP contribution in [0.3, 0.4) is 0 Å². The molecule has 0 spiro atoms. The number of nitrogens with zero attached hydrogens (tertiary/aromatic N) is 1. The Kier molecular flexibility index (Phi) is 3.95. The Bertz CT molecular complexity index is 530. The minimum Gasteiger partial charge on any atom is -0.267 e. The molecule has 0 amide bonds. The molecule has 0 aliphatic heterocycles. The van der Waals surface area contributed by atoms with Gasteiger partial charge < -0.3 is 0 Å². The Balaban J connectivity index is 3.32. The first-order valence-electron chi connectivity index (χ1n) is 4.59. The number of hydrogen-bond acceptors (Lipinski definition) is 5. The zero-order chi connectivity index (χ0) is 12.2. The summed E-state index contributed by atoms with van der Waals surface area (Å²) in [6.45, 7) is 3.28. The fraction of sp³-hybridized carbons (Fsp3) is 0.300. The van der Waals surface area contributed by atoms with Gasteiger partial charge in [0.2, 0.25) is 6.08 Å². The maximum absolute atomic E-state index is 11.6. The van der Waals surface area contributed by atoms with Crippen LogP contribution in [-0.4, -0.2) is 21.1 Å². The molecule has 0 radical (unpaired) electrons. The molecule has 86 valence electrons. The van der Waals surface area contributed by atoms with Crippen LogP contribution >= 0.6 is 0 Å². The van der Waals surface area contributed by atoms with Crippen LogP contribution in [0.2, 0.25) is 0 Å². The summed E-state index contributed by atoms with van der Waals surface area (Å²) in [5.74, 6) is 0. The summed E-state index contributed by atoms with van der Waals surface area (Å²) in [7, 11) is -3.77. The Hall–Kier alpha value is -1.49. The molecule has 0 bridgehead atoms. The average Bonchev–Trinajstić information content (AvgIpc) is 2.21. The lowest BCUT2D eigenvalue weighted by molar-refractivity contribution is 0.338. The highest BCUT2D eigenvalue weighted by Gasteiger charge is 2.17. The van der Waals surface area contributed by atoms with Gasteiger partial charge in [-0.25, -0.2) is 4.79 Å². The predicted octanol–water partition coefficient (Wildman–Crippen LogP) is 1.69. The molecule has 0 N–H and O–H groups in total. The third-order valence-electron chi connectivity index (χ3n) is 1.89. The number of isocyanates is 1. The van der Waals surface area contributed by atoms with Gasteiger partial charge in [0.15, 0.2) is 0 Å². The van der Waals surface area contributed by atoms with E-state index in [0.717, 1.165) is 0 Å². The minimum atomic E-state index is -3.77. The van der Waals surface area contributed by atoms with Gasteiger partial charge >= 0.3 is 0 Å². The molecule has 16 heavy (non-hydrogen) atoms. The van der Waals surface area contributed by atoms with Gasteiger partial charge in [0.05, 0.1) is 17.2 Å². The van der Waals surface area contributed by atoms with Gasteiger partial charge in [-0.3, -0.25) is 4.18 Å².